The Balaban J connectivity index is 2.40. The Hall–Kier alpha value is -2.30. The first-order valence-corrected chi connectivity index (χ1v) is 5.85. The number of hydrogen-bond acceptors (Lipinski definition) is 4. The number of pyridine rings is 1. The molecule has 0 unspecified atom stereocenters. The fourth-order valence-corrected chi connectivity index (χ4v) is 2.03. The number of nitrogens with two attached hydrogens (primary N) is 1. The van der Waals surface area contributed by atoms with Crippen molar-refractivity contribution in [2.75, 3.05) is 5.73 Å². The summed E-state index contributed by atoms with van der Waals surface area (Å²) in [4.78, 5) is 14.3. The Kier molecular flexibility index (Phi) is 2.33. The minimum Gasteiger partial charge on any atom is -0.410 e. The van der Waals surface area contributed by atoms with E-state index in [0.29, 0.717) is 11.3 Å². The molecule has 2 N–H and O–H groups in total. The zero-order valence-corrected chi connectivity index (χ0v) is 10.3. The number of benzene rings is 1. The average molecular weight is 242 g/mol. The highest BCUT2D eigenvalue weighted by atomic mass is 16.7. The van der Waals surface area contributed by atoms with Crippen molar-refractivity contribution >= 4 is 27.8 Å². The molecule has 0 aliphatic heterocycles. The highest BCUT2D eigenvalue weighted by molar-refractivity contribution is 6.06. The number of fused-ring (bicyclic) bond motifs is 3. The monoisotopic (exact) mass is 242 g/mol. The van der Waals surface area contributed by atoms with E-state index in [1.54, 1.807) is 11.1 Å². The smallest absolute Gasteiger partial charge is 0.152 e. The van der Waals surface area contributed by atoms with Gasteiger partial charge in [0.25, 0.3) is 0 Å². The lowest BCUT2D eigenvalue weighted by atomic mass is 10.2. The molecule has 0 radical (unpaired) electrons. The summed E-state index contributed by atoms with van der Waals surface area (Å²) >= 11 is 0. The first kappa shape index (κ1) is 10.8. The van der Waals surface area contributed by atoms with Crippen molar-refractivity contribution < 1.29 is 4.84 Å². The van der Waals surface area contributed by atoms with Gasteiger partial charge in [0.1, 0.15) is 23.5 Å². The van der Waals surface area contributed by atoms with Gasteiger partial charge in [0.05, 0.1) is 5.52 Å². The summed E-state index contributed by atoms with van der Waals surface area (Å²) in [6.45, 7) is 3.94. The van der Waals surface area contributed by atoms with Crippen LogP contribution in [0.1, 0.15) is 13.8 Å². The fraction of sp³-hybridized carbons (Fsp3) is 0.231. The molecule has 5 nitrogen and oxygen atoms in total. The second-order valence-electron chi connectivity index (χ2n) is 4.44. The van der Waals surface area contributed by atoms with E-state index in [1.807, 2.05) is 38.1 Å². The van der Waals surface area contributed by atoms with Crippen LogP contribution >= 0.6 is 0 Å². The van der Waals surface area contributed by atoms with E-state index in [4.69, 9.17) is 10.6 Å². The molecule has 0 fully saturated rings. The zero-order valence-electron chi connectivity index (χ0n) is 10.3. The molecule has 0 atom stereocenters. The number of aromatic nitrogens is 3. The van der Waals surface area contributed by atoms with Gasteiger partial charge in [0.2, 0.25) is 0 Å². The number of para-hydroxylation sites is 1. The molecule has 0 bridgehead atoms. The van der Waals surface area contributed by atoms with Crippen LogP contribution in [0.25, 0.3) is 21.9 Å². The van der Waals surface area contributed by atoms with Gasteiger partial charge < -0.3 is 10.6 Å². The van der Waals surface area contributed by atoms with Crippen molar-refractivity contribution in [3.63, 3.8) is 0 Å². The maximum Gasteiger partial charge on any atom is 0.152 e. The summed E-state index contributed by atoms with van der Waals surface area (Å²) in [5, 5.41) is 0.986. The molecule has 0 aliphatic rings. The topological polar surface area (TPSA) is 66.0 Å². The molecule has 0 saturated carbocycles. The van der Waals surface area contributed by atoms with Crippen LogP contribution in [0.4, 0.5) is 5.82 Å². The molecule has 0 spiro atoms. The first-order valence-electron chi connectivity index (χ1n) is 5.85. The number of nitrogen functional groups attached to an aromatic ring is 1. The van der Waals surface area contributed by atoms with Gasteiger partial charge in [-0.3, -0.25) is 0 Å². The predicted octanol–water partition coefficient (Wildman–Crippen LogP) is 2.00. The predicted molar refractivity (Wildman–Crippen MR) is 71.2 cm³/mol. The molecule has 5 heteroatoms. The van der Waals surface area contributed by atoms with Crippen molar-refractivity contribution in [2.45, 2.75) is 20.0 Å². The van der Waals surface area contributed by atoms with E-state index in [0.717, 1.165) is 16.4 Å². The second kappa shape index (κ2) is 3.87. The number of imidazole rings is 1. The maximum absolute atomic E-state index is 5.92. The molecule has 2 aromatic heterocycles. The van der Waals surface area contributed by atoms with Crippen molar-refractivity contribution in [1.29, 1.82) is 0 Å². The van der Waals surface area contributed by atoms with Crippen LogP contribution in [0.2, 0.25) is 0 Å². The molecule has 3 aromatic rings. The molecule has 0 saturated heterocycles. The van der Waals surface area contributed by atoms with Crippen LogP contribution < -0.4 is 10.6 Å². The molecule has 2 heterocycles. The molecular weight excluding hydrogens is 228 g/mol. The summed E-state index contributed by atoms with van der Waals surface area (Å²) in [6, 6.07) is 7.82. The average Bonchev–Trinajstić information content (AvgIpc) is 2.73. The standard InChI is InChI=1S/C13H14N4O/c1-8(2)18-17-7-15-11-12(17)9-5-3-4-6-10(9)16-13(11)14/h3-8H,1-2H3,(H2,14,16). The highest BCUT2D eigenvalue weighted by Crippen LogP contribution is 2.26. The lowest BCUT2D eigenvalue weighted by Crippen LogP contribution is -2.18. The van der Waals surface area contributed by atoms with Crippen LogP contribution in [-0.4, -0.2) is 20.8 Å². The Morgan fingerprint density at radius 2 is 2.06 bits per heavy atom. The van der Waals surface area contributed by atoms with Crippen LogP contribution in [0.15, 0.2) is 30.6 Å². The van der Waals surface area contributed by atoms with Gasteiger partial charge >= 0.3 is 0 Å². The van der Waals surface area contributed by atoms with Crippen molar-refractivity contribution in [2.24, 2.45) is 0 Å². The van der Waals surface area contributed by atoms with E-state index >= 15 is 0 Å². The molecular formula is C13H14N4O. The Bertz CT molecular complexity index is 717. The molecule has 0 aliphatic carbocycles. The van der Waals surface area contributed by atoms with E-state index in [-0.39, 0.29) is 6.10 Å². The molecule has 1 aromatic carbocycles. The summed E-state index contributed by atoms with van der Waals surface area (Å²) in [6.07, 6.45) is 1.70. The maximum atomic E-state index is 5.92. The van der Waals surface area contributed by atoms with Gasteiger partial charge in [-0.1, -0.05) is 18.2 Å². The Morgan fingerprint density at radius 1 is 1.28 bits per heavy atom. The molecule has 18 heavy (non-hydrogen) atoms. The SMILES string of the molecule is CC(C)On1cnc2c(N)nc3ccccc3c21. The van der Waals surface area contributed by atoms with Gasteiger partial charge in [0, 0.05) is 5.39 Å². The van der Waals surface area contributed by atoms with Crippen LogP contribution in [0, 0.1) is 0 Å². The minimum atomic E-state index is 0.0653. The van der Waals surface area contributed by atoms with Gasteiger partial charge in [-0.2, -0.15) is 4.73 Å². The number of anilines is 1. The highest BCUT2D eigenvalue weighted by Gasteiger charge is 2.13. The fourth-order valence-electron chi connectivity index (χ4n) is 2.03. The normalized spacial score (nSPS) is 11.5. The van der Waals surface area contributed by atoms with E-state index in [1.165, 1.54) is 0 Å². The molecule has 3 rings (SSSR count). The largest absolute Gasteiger partial charge is 0.410 e. The lowest BCUT2D eigenvalue weighted by molar-refractivity contribution is 0.0678. The third-order valence-corrected chi connectivity index (χ3v) is 2.70. The lowest BCUT2D eigenvalue weighted by Gasteiger charge is -2.11. The third kappa shape index (κ3) is 1.55. The van der Waals surface area contributed by atoms with Crippen molar-refractivity contribution in [3.8, 4) is 0 Å². The van der Waals surface area contributed by atoms with E-state index in [2.05, 4.69) is 9.97 Å². The number of nitrogens with zero attached hydrogens (tertiary/aromatic N) is 3. The molecule has 92 valence electrons. The number of hydrogen-bond donors (Lipinski definition) is 1. The summed E-state index contributed by atoms with van der Waals surface area (Å²) < 4.78 is 1.67. The Labute approximate surface area is 104 Å². The van der Waals surface area contributed by atoms with Gasteiger partial charge in [-0.25, -0.2) is 9.97 Å². The summed E-state index contributed by atoms with van der Waals surface area (Å²) in [7, 11) is 0. The molecule has 0 amide bonds. The Morgan fingerprint density at radius 3 is 2.83 bits per heavy atom. The summed E-state index contributed by atoms with van der Waals surface area (Å²) in [5.41, 5.74) is 8.31. The van der Waals surface area contributed by atoms with Gasteiger partial charge in [-0.15, -0.1) is 0 Å². The van der Waals surface area contributed by atoms with E-state index in [9.17, 15) is 0 Å². The number of rotatable bonds is 2. The van der Waals surface area contributed by atoms with Crippen molar-refractivity contribution in [1.82, 2.24) is 14.7 Å². The van der Waals surface area contributed by atoms with Gasteiger partial charge in [0.15, 0.2) is 5.82 Å². The van der Waals surface area contributed by atoms with E-state index < -0.39 is 0 Å². The van der Waals surface area contributed by atoms with Crippen molar-refractivity contribution in [3.05, 3.63) is 30.6 Å². The minimum absolute atomic E-state index is 0.0653. The zero-order chi connectivity index (χ0) is 12.7. The van der Waals surface area contributed by atoms with Gasteiger partial charge in [-0.05, 0) is 19.9 Å². The van der Waals surface area contributed by atoms with Crippen LogP contribution in [0.5, 0.6) is 0 Å². The third-order valence-electron chi connectivity index (χ3n) is 2.70. The summed E-state index contributed by atoms with van der Waals surface area (Å²) in [5.74, 6) is 0.426. The second-order valence-corrected chi connectivity index (χ2v) is 4.44. The van der Waals surface area contributed by atoms with Crippen LogP contribution in [0.3, 0.4) is 0 Å². The quantitative estimate of drug-likeness (QED) is 0.746. The first-order chi connectivity index (χ1) is 8.66. The van der Waals surface area contributed by atoms with Crippen LogP contribution in [-0.2, 0) is 0 Å².